The molecule has 0 aromatic carbocycles. The van der Waals surface area contributed by atoms with Gasteiger partial charge in [-0.1, -0.05) is 12.8 Å². The fraction of sp³-hybridized carbons (Fsp3) is 0.643. The largest absolute Gasteiger partial charge is 0.375 e. The number of pyridine rings is 1. The maximum atomic E-state index is 10.6. The first-order valence-corrected chi connectivity index (χ1v) is 7.19. The van der Waals surface area contributed by atoms with E-state index < -0.39 is 4.92 Å². The minimum absolute atomic E-state index is 0.104. The first-order chi connectivity index (χ1) is 9.72. The zero-order valence-electron chi connectivity index (χ0n) is 11.4. The molecule has 2 heterocycles. The van der Waals surface area contributed by atoms with Crippen LogP contribution in [-0.4, -0.2) is 35.7 Å². The second-order valence-electron chi connectivity index (χ2n) is 5.59. The lowest BCUT2D eigenvalue weighted by molar-refractivity contribution is -0.389. The topological polar surface area (TPSA) is 68.5 Å². The molecule has 2 aliphatic rings. The lowest BCUT2D eigenvalue weighted by atomic mass is 10.1. The molecule has 6 nitrogen and oxygen atoms in total. The molecule has 1 aromatic heterocycles. The summed E-state index contributed by atoms with van der Waals surface area (Å²) >= 11 is 0. The third kappa shape index (κ3) is 3.25. The highest BCUT2D eigenvalue weighted by Crippen LogP contribution is 2.34. The Balaban J connectivity index is 1.58. The number of anilines is 1. The van der Waals surface area contributed by atoms with Crippen LogP contribution < -0.4 is 4.90 Å². The summed E-state index contributed by atoms with van der Waals surface area (Å²) in [6, 6.07) is 3.23. The average Bonchev–Trinajstić information content (AvgIpc) is 3.30. The first kappa shape index (κ1) is 13.3. The minimum Gasteiger partial charge on any atom is -0.375 e. The standard InChI is InChI=1S/C14H19N3O3/c18-17(19)14-6-4-12(9-15-14)16-7-8-20-13(10-16)5-3-11-1-2-11/h4,6,9,11,13H,1-3,5,7-8,10H2/t13-/m1/s1. The lowest BCUT2D eigenvalue weighted by Crippen LogP contribution is -2.42. The van der Waals surface area contributed by atoms with Gasteiger partial charge >= 0.3 is 5.82 Å². The van der Waals surface area contributed by atoms with E-state index in [0.717, 1.165) is 31.1 Å². The predicted octanol–water partition coefficient (Wildman–Crippen LogP) is 2.39. The minimum atomic E-state index is -0.471. The van der Waals surface area contributed by atoms with Crippen molar-refractivity contribution in [2.24, 2.45) is 5.92 Å². The Labute approximate surface area is 117 Å². The van der Waals surface area contributed by atoms with Gasteiger partial charge in [0.25, 0.3) is 0 Å². The van der Waals surface area contributed by atoms with Crippen molar-refractivity contribution in [2.45, 2.75) is 31.8 Å². The van der Waals surface area contributed by atoms with Gasteiger partial charge < -0.3 is 19.8 Å². The van der Waals surface area contributed by atoms with Crippen molar-refractivity contribution in [1.82, 2.24) is 4.98 Å². The number of hydrogen-bond donors (Lipinski definition) is 0. The summed E-state index contributed by atoms with van der Waals surface area (Å²) in [7, 11) is 0. The zero-order valence-corrected chi connectivity index (χ0v) is 11.4. The second kappa shape index (κ2) is 5.75. The molecule has 0 amide bonds. The van der Waals surface area contributed by atoms with Gasteiger partial charge in [0.2, 0.25) is 0 Å². The SMILES string of the molecule is O=[N+]([O-])c1ccc(N2CCO[C@H](CCC3CC3)C2)cn1. The Kier molecular flexibility index (Phi) is 3.82. The van der Waals surface area contributed by atoms with E-state index in [0.29, 0.717) is 6.61 Å². The monoisotopic (exact) mass is 277 g/mol. The van der Waals surface area contributed by atoms with E-state index in [-0.39, 0.29) is 11.9 Å². The zero-order chi connectivity index (χ0) is 13.9. The number of morpholine rings is 1. The molecule has 0 spiro atoms. The first-order valence-electron chi connectivity index (χ1n) is 7.19. The van der Waals surface area contributed by atoms with E-state index in [1.807, 2.05) is 0 Å². The Morgan fingerprint density at radius 1 is 1.40 bits per heavy atom. The van der Waals surface area contributed by atoms with Gasteiger partial charge in [-0.05, 0) is 34.7 Å². The normalized spacial score (nSPS) is 22.8. The Morgan fingerprint density at radius 3 is 2.90 bits per heavy atom. The number of nitrogens with zero attached hydrogens (tertiary/aromatic N) is 3. The fourth-order valence-corrected chi connectivity index (χ4v) is 2.63. The van der Waals surface area contributed by atoms with E-state index >= 15 is 0 Å². The smallest absolute Gasteiger partial charge is 0.363 e. The second-order valence-corrected chi connectivity index (χ2v) is 5.59. The van der Waals surface area contributed by atoms with E-state index in [2.05, 4.69) is 9.88 Å². The van der Waals surface area contributed by atoms with Crippen LogP contribution in [0.2, 0.25) is 0 Å². The number of ether oxygens (including phenoxy) is 1. The molecule has 0 unspecified atom stereocenters. The maximum Gasteiger partial charge on any atom is 0.363 e. The molecule has 1 atom stereocenters. The Bertz CT molecular complexity index is 473. The van der Waals surface area contributed by atoms with Gasteiger partial charge in [0.15, 0.2) is 6.20 Å². The van der Waals surface area contributed by atoms with E-state index in [1.54, 1.807) is 12.3 Å². The van der Waals surface area contributed by atoms with Gasteiger partial charge in [-0.25, -0.2) is 0 Å². The molecular weight excluding hydrogens is 258 g/mol. The lowest BCUT2D eigenvalue weighted by Gasteiger charge is -2.34. The van der Waals surface area contributed by atoms with Crippen molar-refractivity contribution in [3.8, 4) is 0 Å². The maximum absolute atomic E-state index is 10.6. The van der Waals surface area contributed by atoms with E-state index in [1.165, 1.54) is 25.3 Å². The van der Waals surface area contributed by atoms with Crippen molar-refractivity contribution >= 4 is 11.5 Å². The molecular formula is C14H19N3O3. The highest BCUT2D eigenvalue weighted by Gasteiger charge is 2.26. The molecule has 1 aliphatic heterocycles. The molecule has 3 rings (SSSR count). The predicted molar refractivity (Wildman–Crippen MR) is 74.8 cm³/mol. The number of rotatable bonds is 5. The van der Waals surface area contributed by atoms with Gasteiger partial charge in [0.1, 0.15) is 0 Å². The summed E-state index contributed by atoms with van der Waals surface area (Å²) in [5, 5.41) is 10.6. The average molecular weight is 277 g/mol. The van der Waals surface area contributed by atoms with Crippen LogP contribution in [0.3, 0.4) is 0 Å². The van der Waals surface area contributed by atoms with Gasteiger partial charge in [-0.3, -0.25) is 0 Å². The van der Waals surface area contributed by atoms with Gasteiger partial charge in [-0.15, -0.1) is 0 Å². The van der Waals surface area contributed by atoms with Crippen LogP contribution >= 0.6 is 0 Å². The summed E-state index contributed by atoms with van der Waals surface area (Å²) in [5.41, 5.74) is 0.940. The molecule has 0 bridgehead atoms. The highest BCUT2D eigenvalue weighted by molar-refractivity contribution is 5.46. The quantitative estimate of drug-likeness (QED) is 0.610. The van der Waals surface area contributed by atoms with Gasteiger partial charge in [-0.2, -0.15) is 0 Å². The van der Waals surface area contributed by atoms with Crippen molar-refractivity contribution in [3.63, 3.8) is 0 Å². The van der Waals surface area contributed by atoms with Gasteiger partial charge in [0.05, 0.1) is 18.4 Å². The van der Waals surface area contributed by atoms with Crippen LogP contribution in [0, 0.1) is 16.0 Å². The van der Waals surface area contributed by atoms with Crippen molar-refractivity contribution in [1.29, 1.82) is 0 Å². The summed E-state index contributed by atoms with van der Waals surface area (Å²) in [6.07, 6.45) is 6.99. The van der Waals surface area contributed by atoms with E-state index in [4.69, 9.17) is 4.74 Å². The molecule has 20 heavy (non-hydrogen) atoms. The van der Waals surface area contributed by atoms with Crippen LogP contribution in [0.25, 0.3) is 0 Å². The van der Waals surface area contributed by atoms with Crippen LogP contribution in [0.4, 0.5) is 11.5 Å². The summed E-state index contributed by atoms with van der Waals surface area (Å²) < 4.78 is 5.80. The Hall–Kier alpha value is -1.69. The number of nitro groups is 1. The van der Waals surface area contributed by atoms with Crippen molar-refractivity contribution in [2.75, 3.05) is 24.6 Å². The molecule has 108 valence electrons. The van der Waals surface area contributed by atoms with Crippen LogP contribution in [0.15, 0.2) is 18.3 Å². The molecule has 6 heteroatoms. The fourth-order valence-electron chi connectivity index (χ4n) is 2.63. The molecule has 1 saturated carbocycles. The highest BCUT2D eigenvalue weighted by atomic mass is 16.6. The molecule has 2 fully saturated rings. The van der Waals surface area contributed by atoms with Crippen LogP contribution in [0.5, 0.6) is 0 Å². The molecule has 1 aliphatic carbocycles. The Morgan fingerprint density at radius 2 is 2.25 bits per heavy atom. The third-order valence-electron chi connectivity index (χ3n) is 4.02. The number of hydrogen-bond acceptors (Lipinski definition) is 5. The third-order valence-corrected chi connectivity index (χ3v) is 4.02. The molecule has 0 N–H and O–H groups in total. The van der Waals surface area contributed by atoms with Gasteiger partial charge in [0, 0.05) is 19.2 Å². The van der Waals surface area contributed by atoms with Crippen LogP contribution in [-0.2, 0) is 4.74 Å². The summed E-state index contributed by atoms with van der Waals surface area (Å²) in [5.74, 6) is 0.822. The summed E-state index contributed by atoms with van der Waals surface area (Å²) in [4.78, 5) is 16.2. The van der Waals surface area contributed by atoms with Crippen molar-refractivity contribution < 1.29 is 9.66 Å². The van der Waals surface area contributed by atoms with Crippen LogP contribution in [0.1, 0.15) is 25.7 Å². The summed E-state index contributed by atoms with van der Waals surface area (Å²) in [6.45, 7) is 2.39. The van der Waals surface area contributed by atoms with Crippen molar-refractivity contribution in [3.05, 3.63) is 28.4 Å². The van der Waals surface area contributed by atoms with E-state index in [9.17, 15) is 10.1 Å². The molecule has 1 saturated heterocycles. The number of aromatic nitrogens is 1. The molecule has 0 radical (unpaired) electrons. The molecule has 1 aromatic rings.